The van der Waals surface area contributed by atoms with Gasteiger partial charge in [0.2, 0.25) is 5.91 Å². The van der Waals surface area contributed by atoms with Crippen molar-refractivity contribution in [3.8, 4) is 0 Å². The Labute approximate surface area is 101 Å². The quantitative estimate of drug-likeness (QED) is 0.882. The largest absolute Gasteiger partial charge is 0.478 e. The Morgan fingerprint density at radius 2 is 1.94 bits per heavy atom. The number of nitrogens with zero attached hydrogens (tertiary/aromatic N) is 1. The standard InChI is InChI=1S/C11H9NO4S/c13-9-6-17-11(16)12(9)5-7-1-3-8(4-2-7)10(14)15/h1-4H,5-6H2,(H,14,15). The molecule has 0 aliphatic carbocycles. The highest BCUT2D eigenvalue weighted by molar-refractivity contribution is 8.14. The third kappa shape index (κ3) is 2.47. The van der Waals surface area contributed by atoms with E-state index in [-0.39, 0.29) is 29.0 Å². The minimum absolute atomic E-state index is 0.183. The van der Waals surface area contributed by atoms with Crippen LogP contribution in [0, 0.1) is 0 Å². The monoisotopic (exact) mass is 251 g/mol. The first-order valence-corrected chi connectivity index (χ1v) is 5.86. The van der Waals surface area contributed by atoms with Gasteiger partial charge in [-0.05, 0) is 17.7 Å². The molecule has 17 heavy (non-hydrogen) atoms. The van der Waals surface area contributed by atoms with E-state index >= 15 is 0 Å². The summed E-state index contributed by atoms with van der Waals surface area (Å²) in [5.74, 6) is -1.02. The maximum absolute atomic E-state index is 11.4. The smallest absolute Gasteiger partial charge is 0.335 e. The molecule has 0 radical (unpaired) electrons. The predicted molar refractivity (Wildman–Crippen MR) is 61.8 cm³/mol. The lowest BCUT2D eigenvalue weighted by Gasteiger charge is -2.12. The second kappa shape index (κ2) is 4.58. The highest BCUT2D eigenvalue weighted by Crippen LogP contribution is 2.21. The fraction of sp³-hybridized carbons (Fsp3) is 0.182. The molecular weight excluding hydrogens is 242 g/mol. The van der Waals surface area contributed by atoms with Gasteiger partial charge in [-0.25, -0.2) is 4.79 Å². The summed E-state index contributed by atoms with van der Waals surface area (Å²) in [5.41, 5.74) is 0.918. The van der Waals surface area contributed by atoms with E-state index in [1.807, 2.05) is 0 Å². The van der Waals surface area contributed by atoms with E-state index in [4.69, 9.17) is 5.11 Å². The number of hydrogen-bond acceptors (Lipinski definition) is 4. The highest BCUT2D eigenvalue weighted by atomic mass is 32.2. The summed E-state index contributed by atoms with van der Waals surface area (Å²) < 4.78 is 0. The van der Waals surface area contributed by atoms with Gasteiger partial charge in [0, 0.05) is 0 Å². The van der Waals surface area contributed by atoms with E-state index in [9.17, 15) is 14.4 Å². The number of benzene rings is 1. The summed E-state index contributed by atoms with van der Waals surface area (Å²) >= 11 is 0.984. The van der Waals surface area contributed by atoms with Gasteiger partial charge in [0.1, 0.15) is 0 Å². The topological polar surface area (TPSA) is 74.7 Å². The van der Waals surface area contributed by atoms with Crippen LogP contribution in [0.1, 0.15) is 15.9 Å². The highest BCUT2D eigenvalue weighted by Gasteiger charge is 2.29. The first-order chi connectivity index (χ1) is 8.08. The van der Waals surface area contributed by atoms with Gasteiger partial charge in [0.15, 0.2) is 0 Å². The molecule has 0 bridgehead atoms. The number of thioether (sulfide) groups is 1. The molecular formula is C11H9NO4S. The zero-order valence-electron chi connectivity index (χ0n) is 8.75. The Kier molecular flexibility index (Phi) is 3.14. The predicted octanol–water partition coefficient (Wildman–Crippen LogP) is 1.58. The zero-order chi connectivity index (χ0) is 12.4. The molecule has 1 aliphatic rings. The number of carboxylic acid groups (broad SMARTS) is 1. The molecule has 0 aromatic heterocycles. The molecule has 1 aromatic rings. The number of rotatable bonds is 3. The van der Waals surface area contributed by atoms with E-state index < -0.39 is 5.97 Å². The number of imide groups is 1. The van der Waals surface area contributed by atoms with E-state index in [1.165, 1.54) is 17.0 Å². The SMILES string of the molecule is O=C(O)c1ccc(CN2C(=O)CSC2=O)cc1. The summed E-state index contributed by atoms with van der Waals surface area (Å²) in [6.07, 6.45) is 0. The second-order valence-corrected chi connectivity index (χ2v) is 4.46. The van der Waals surface area contributed by atoms with Crippen LogP contribution in [0.5, 0.6) is 0 Å². The van der Waals surface area contributed by atoms with E-state index in [0.717, 1.165) is 17.3 Å². The number of carbonyl (C=O) groups excluding carboxylic acids is 2. The average molecular weight is 251 g/mol. The zero-order valence-corrected chi connectivity index (χ0v) is 9.57. The number of hydrogen-bond donors (Lipinski definition) is 1. The van der Waals surface area contributed by atoms with Gasteiger partial charge < -0.3 is 5.11 Å². The van der Waals surface area contributed by atoms with Crippen LogP contribution >= 0.6 is 11.8 Å². The summed E-state index contributed by atoms with van der Waals surface area (Å²) in [4.78, 5) is 34.5. The van der Waals surface area contributed by atoms with Crippen LogP contribution < -0.4 is 0 Å². The molecule has 88 valence electrons. The third-order valence-electron chi connectivity index (χ3n) is 2.38. The van der Waals surface area contributed by atoms with Crippen molar-refractivity contribution < 1.29 is 19.5 Å². The number of aromatic carboxylic acids is 1. The lowest BCUT2D eigenvalue weighted by molar-refractivity contribution is -0.125. The van der Waals surface area contributed by atoms with Crippen LogP contribution in [0.15, 0.2) is 24.3 Å². The number of amides is 2. The summed E-state index contributed by atoms with van der Waals surface area (Å²) in [6.45, 7) is 0.199. The van der Waals surface area contributed by atoms with Crippen LogP contribution in [-0.4, -0.2) is 32.9 Å². The Hall–Kier alpha value is -1.82. The van der Waals surface area contributed by atoms with Crippen LogP contribution in [0.3, 0.4) is 0 Å². The summed E-state index contributed by atoms with van der Waals surface area (Å²) in [5, 5.41) is 8.47. The number of carboxylic acids is 1. The molecule has 0 saturated carbocycles. The molecule has 1 N–H and O–H groups in total. The molecule has 0 unspecified atom stereocenters. The Balaban J connectivity index is 2.11. The van der Waals surface area contributed by atoms with Crippen LogP contribution in [0.4, 0.5) is 4.79 Å². The maximum Gasteiger partial charge on any atom is 0.335 e. The molecule has 1 heterocycles. The summed E-state index contributed by atoms with van der Waals surface area (Å²) in [7, 11) is 0. The molecule has 1 fully saturated rings. The van der Waals surface area contributed by atoms with Crippen molar-refractivity contribution >= 4 is 28.9 Å². The molecule has 1 aromatic carbocycles. The van der Waals surface area contributed by atoms with Crippen LogP contribution in [0.2, 0.25) is 0 Å². The van der Waals surface area contributed by atoms with Gasteiger partial charge in [-0.3, -0.25) is 14.5 Å². The fourth-order valence-electron chi connectivity index (χ4n) is 1.47. The fourth-order valence-corrected chi connectivity index (χ4v) is 2.19. The van der Waals surface area contributed by atoms with Gasteiger partial charge in [0.25, 0.3) is 5.24 Å². The maximum atomic E-state index is 11.4. The van der Waals surface area contributed by atoms with E-state index in [1.54, 1.807) is 12.1 Å². The lowest BCUT2D eigenvalue weighted by Crippen LogP contribution is -2.27. The molecule has 0 atom stereocenters. The Morgan fingerprint density at radius 1 is 1.29 bits per heavy atom. The van der Waals surface area contributed by atoms with Gasteiger partial charge in [-0.15, -0.1) is 0 Å². The first-order valence-electron chi connectivity index (χ1n) is 4.87. The van der Waals surface area contributed by atoms with Crippen LogP contribution in [0.25, 0.3) is 0 Å². The van der Waals surface area contributed by atoms with Crippen molar-refractivity contribution in [3.63, 3.8) is 0 Å². The molecule has 1 aliphatic heterocycles. The van der Waals surface area contributed by atoms with E-state index in [2.05, 4.69) is 0 Å². The molecule has 1 saturated heterocycles. The van der Waals surface area contributed by atoms with Crippen molar-refractivity contribution in [3.05, 3.63) is 35.4 Å². The molecule has 2 amide bonds. The van der Waals surface area contributed by atoms with Gasteiger partial charge in [0.05, 0.1) is 17.9 Å². The normalized spacial score (nSPS) is 15.4. The molecule has 6 heteroatoms. The van der Waals surface area contributed by atoms with Crippen molar-refractivity contribution in [2.45, 2.75) is 6.54 Å². The second-order valence-electron chi connectivity index (χ2n) is 3.54. The Bertz CT molecular complexity index is 467. The van der Waals surface area contributed by atoms with Gasteiger partial charge >= 0.3 is 5.97 Å². The van der Waals surface area contributed by atoms with Gasteiger partial charge in [-0.1, -0.05) is 23.9 Å². The summed E-state index contributed by atoms with van der Waals surface area (Å²) in [6, 6.07) is 6.12. The Morgan fingerprint density at radius 3 is 2.41 bits per heavy atom. The first kappa shape index (κ1) is 11.7. The van der Waals surface area contributed by atoms with E-state index in [0.29, 0.717) is 0 Å². The minimum atomic E-state index is -1.000. The lowest BCUT2D eigenvalue weighted by atomic mass is 10.1. The average Bonchev–Trinajstić information content (AvgIpc) is 2.61. The van der Waals surface area contributed by atoms with Gasteiger partial charge in [-0.2, -0.15) is 0 Å². The third-order valence-corrected chi connectivity index (χ3v) is 3.24. The van der Waals surface area contributed by atoms with Crippen molar-refractivity contribution in [2.24, 2.45) is 0 Å². The minimum Gasteiger partial charge on any atom is -0.478 e. The van der Waals surface area contributed by atoms with Crippen molar-refractivity contribution in [2.75, 3.05) is 5.75 Å². The molecule has 2 rings (SSSR count). The van der Waals surface area contributed by atoms with Crippen molar-refractivity contribution in [1.82, 2.24) is 4.90 Å². The number of carbonyl (C=O) groups is 3. The molecule has 0 spiro atoms. The van der Waals surface area contributed by atoms with Crippen LogP contribution in [-0.2, 0) is 11.3 Å². The van der Waals surface area contributed by atoms with Crippen molar-refractivity contribution in [1.29, 1.82) is 0 Å². The molecule has 5 nitrogen and oxygen atoms in total.